The summed E-state index contributed by atoms with van der Waals surface area (Å²) in [5.41, 5.74) is 8.24. The maximum atomic E-state index is 7.55. The number of fused-ring (bicyclic) bond motifs is 4. The van der Waals surface area contributed by atoms with Crippen molar-refractivity contribution in [2.75, 3.05) is 0 Å². The third-order valence-corrected chi connectivity index (χ3v) is 7.71. The number of thiophene rings is 1. The van der Waals surface area contributed by atoms with Gasteiger partial charge >= 0.3 is 0 Å². The van der Waals surface area contributed by atoms with Gasteiger partial charge in [0.15, 0.2) is 0 Å². The molecule has 0 N–H and O–H groups in total. The van der Waals surface area contributed by atoms with Gasteiger partial charge in [-0.2, -0.15) is 0 Å². The van der Waals surface area contributed by atoms with E-state index in [0.717, 1.165) is 43.4 Å². The van der Waals surface area contributed by atoms with Gasteiger partial charge in [-0.1, -0.05) is 35.6 Å². The van der Waals surface area contributed by atoms with Crippen LogP contribution in [0.25, 0.3) is 54.7 Å². The van der Waals surface area contributed by atoms with E-state index in [-0.39, 0.29) is 25.8 Å². The molecule has 7 rings (SSSR count). The van der Waals surface area contributed by atoms with Crippen LogP contribution in [0.2, 0.25) is 0 Å². The first-order valence-corrected chi connectivity index (χ1v) is 13.4. The first-order valence-electron chi connectivity index (χ1n) is 14.1. The molecule has 0 aliphatic carbocycles. The topological polar surface area (TPSA) is 51.8 Å². The normalized spacial score (nSPS) is 12.3. The Morgan fingerprint density at radius 3 is 2.48 bits per heavy atom. The van der Waals surface area contributed by atoms with E-state index in [1.807, 2.05) is 36.7 Å². The molecule has 5 aromatic heterocycles. The van der Waals surface area contributed by atoms with Crippen LogP contribution in [0.4, 0.5) is 0 Å². The molecule has 1 radical (unpaired) electrons. The molecule has 0 atom stereocenters. The van der Waals surface area contributed by atoms with Gasteiger partial charge in [-0.15, -0.1) is 64.9 Å². The fourth-order valence-corrected chi connectivity index (χ4v) is 5.38. The molecular weight excluding hydrogens is 691 g/mol. The van der Waals surface area contributed by atoms with Gasteiger partial charge in [0.25, 0.3) is 0 Å². The maximum absolute atomic E-state index is 7.55. The Bertz CT molecular complexity index is 2080. The molecule has 0 unspecified atom stereocenters. The second-order valence-electron chi connectivity index (χ2n) is 9.64. The minimum absolute atomic E-state index is 0. The fourth-order valence-electron chi connectivity index (χ4n) is 4.45. The minimum Gasteiger partial charge on any atom is -0.486 e. The van der Waals surface area contributed by atoms with Crippen molar-refractivity contribution in [3.05, 3.63) is 112 Å². The van der Waals surface area contributed by atoms with Crippen molar-refractivity contribution in [2.45, 2.75) is 34.5 Å². The fraction of sp³-hybridized carbons (Fsp3) is 0.147. The molecule has 6 heteroatoms. The molecule has 2 aromatic carbocycles. The quantitative estimate of drug-likeness (QED) is 0.167. The van der Waals surface area contributed by atoms with Gasteiger partial charge in [-0.05, 0) is 62.8 Å². The van der Waals surface area contributed by atoms with Crippen LogP contribution in [-0.4, -0.2) is 15.0 Å². The molecule has 0 saturated heterocycles. The molecule has 40 heavy (non-hydrogen) atoms. The summed E-state index contributed by atoms with van der Waals surface area (Å²) < 4.78 is 29.8. The van der Waals surface area contributed by atoms with Gasteiger partial charge in [0.05, 0.1) is 5.58 Å². The van der Waals surface area contributed by atoms with Crippen LogP contribution < -0.4 is 0 Å². The molecule has 201 valence electrons. The van der Waals surface area contributed by atoms with Gasteiger partial charge in [0, 0.05) is 62.7 Å². The summed E-state index contributed by atoms with van der Waals surface area (Å²) in [6, 6.07) is 25.9. The summed E-state index contributed by atoms with van der Waals surface area (Å²) in [4.78, 5) is 14.4. The summed E-state index contributed by atoms with van der Waals surface area (Å²) >= 11 is 1.72. The molecule has 0 spiro atoms. The first-order chi connectivity index (χ1) is 20.1. The molecule has 0 aliphatic rings. The number of aryl methyl sites for hydroxylation is 5. The van der Waals surface area contributed by atoms with Crippen molar-refractivity contribution in [2.24, 2.45) is 0 Å². The number of rotatable bonds is 2. The number of nitrogens with zero attached hydrogens (tertiary/aromatic N) is 3. The number of pyridine rings is 3. The Kier molecular flexibility index (Phi) is 6.89. The third kappa shape index (κ3) is 5.48. The molecule has 0 aliphatic heterocycles. The molecule has 5 heterocycles. The van der Waals surface area contributed by atoms with Crippen LogP contribution in [-0.2, 0) is 20.1 Å². The number of furan rings is 1. The van der Waals surface area contributed by atoms with E-state index in [2.05, 4.69) is 79.0 Å². The largest absolute Gasteiger partial charge is 0.486 e. The second-order valence-corrected chi connectivity index (χ2v) is 10.9. The van der Waals surface area contributed by atoms with E-state index in [1.165, 1.54) is 27.6 Å². The van der Waals surface area contributed by atoms with Crippen LogP contribution in [0, 0.1) is 46.7 Å². The summed E-state index contributed by atoms with van der Waals surface area (Å²) in [6.07, 6.45) is 3.77. The summed E-state index contributed by atoms with van der Waals surface area (Å²) in [5.74, 6) is 0. The minimum atomic E-state index is -2.27. The van der Waals surface area contributed by atoms with E-state index in [4.69, 9.17) is 8.53 Å². The summed E-state index contributed by atoms with van der Waals surface area (Å²) in [5, 5.41) is 2.76. The van der Waals surface area contributed by atoms with Crippen molar-refractivity contribution in [1.29, 1.82) is 0 Å². The van der Waals surface area contributed by atoms with E-state index < -0.39 is 6.85 Å². The summed E-state index contributed by atoms with van der Waals surface area (Å²) in [7, 11) is 0. The number of benzene rings is 2. The van der Waals surface area contributed by atoms with Gasteiger partial charge in [-0.3, -0.25) is 0 Å². The van der Waals surface area contributed by atoms with E-state index in [1.54, 1.807) is 17.4 Å². The Morgan fingerprint density at radius 2 is 1.70 bits per heavy atom. The van der Waals surface area contributed by atoms with Crippen molar-refractivity contribution in [3.63, 3.8) is 0 Å². The van der Waals surface area contributed by atoms with Gasteiger partial charge in [0.2, 0.25) is 5.71 Å². The number of hydrogen-bond acceptors (Lipinski definition) is 5. The second kappa shape index (κ2) is 11.4. The van der Waals surface area contributed by atoms with Crippen molar-refractivity contribution in [1.82, 2.24) is 15.0 Å². The monoisotopic (exact) mass is 721 g/mol. The predicted molar refractivity (Wildman–Crippen MR) is 161 cm³/mol. The Balaban J connectivity index is 0.000000197. The molecule has 0 saturated carbocycles. The molecule has 0 fully saturated rings. The van der Waals surface area contributed by atoms with Gasteiger partial charge in [0.1, 0.15) is 0 Å². The van der Waals surface area contributed by atoms with Crippen LogP contribution in [0.1, 0.15) is 31.4 Å². The summed E-state index contributed by atoms with van der Waals surface area (Å²) in [6.45, 7) is 6.05. The smallest absolute Gasteiger partial charge is 0.216 e. The Hall–Kier alpha value is -3.70. The van der Waals surface area contributed by atoms with Crippen LogP contribution in [0.15, 0.2) is 77.5 Å². The van der Waals surface area contributed by atoms with Crippen molar-refractivity contribution >= 4 is 43.5 Å². The molecule has 7 aromatic rings. The van der Waals surface area contributed by atoms with E-state index in [0.29, 0.717) is 11.3 Å². The number of hydrogen-bond donors (Lipinski definition) is 0. The predicted octanol–water partition coefficient (Wildman–Crippen LogP) is 9.15. The van der Waals surface area contributed by atoms with Crippen molar-refractivity contribution < 1.29 is 28.6 Å². The zero-order valence-corrected chi connectivity index (χ0v) is 25.6. The van der Waals surface area contributed by atoms with Crippen LogP contribution in [0.5, 0.6) is 0 Å². The first kappa shape index (κ1) is 24.1. The van der Waals surface area contributed by atoms with Crippen LogP contribution in [0.3, 0.4) is 0 Å². The van der Waals surface area contributed by atoms with E-state index >= 15 is 0 Å². The standard InChI is InChI=1S/C20H13N2OS.C14H14N.Ir/c1-11-6-7-15-14-4-3-5-16(19(14)23-20(15)22-11)17-9-18-13(10-21-17)8-12(2)24-18;1-10-4-6-13(7-5-10)14-8-11(2)12(3)9-15-14;/h3-4,6-10H,1-2H3;4-6,8-9H,1-3H3;/q2*-1;/i1D3;;. The average molecular weight is 721 g/mol. The Labute approximate surface area is 255 Å². The van der Waals surface area contributed by atoms with Gasteiger partial charge in [-0.25, -0.2) is 4.98 Å². The van der Waals surface area contributed by atoms with E-state index in [9.17, 15) is 0 Å². The molecule has 0 bridgehead atoms. The molecule has 4 nitrogen and oxygen atoms in total. The zero-order chi connectivity index (χ0) is 29.6. The third-order valence-electron chi connectivity index (χ3n) is 6.70. The van der Waals surface area contributed by atoms with Crippen LogP contribution >= 0.6 is 11.3 Å². The Morgan fingerprint density at radius 1 is 0.850 bits per heavy atom. The molecule has 0 amide bonds. The maximum Gasteiger partial charge on any atom is 0.216 e. The zero-order valence-electron chi connectivity index (χ0n) is 25.4. The SMILES string of the molecule is Cc1c[c-]c(-c2cc(C)c(C)cn2)cc1.[2H]C([2H])([2H])c1ccc2c(n1)oc1c(-c3cc4sc(C)cc4cn3)[c-]ccc12.[Ir]. The molecular formula is C34H27IrN3OS-2. The number of aromatic nitrogens is 3. The van der Waals surface area contributed by atoms with Gasteiger partial charge < -0.3 is 14.4 Å². The van der Waals surface area contributed by atoms with Crippen molar-refractivity contribution in [3.8, 4) is 22.5 Å². The average Bonchev–Trinajstić information content (AvgIpc) is 3.53.